The molecule has 0 radical (unpaired) electrons. The number of rotatable bonds is 5. The van der Waals surface area contributed by atoms with Crippen LogP contribution >= 0.6 is 23.4 Å². The number of anilines is 1. The van der Waals surface area contributed by atoms with Gasteiger partial charge in [0.2, 0.25) is 0 Å². The normalized spacial score (nSPS) is 12.6. The van der Waals surface area contributed by atoms with Gasteiger partial charge < -0.3 is 14.8 Å². The summed E-state index contributed by atoms with van der Waals surface area (Å²) >= 11 is 7.73. The van der Waals surface area contributed by atoms with Crippen LogP contribution in [0, 0.1) is 0 Å². The third kappa shape index (κ3) is 3.95. The second-order valence-electron chi connectivity index (χ2n) is 6.17. The van der Waals surface area contributed by atoms with Crippen molar-refractivity contribution in [2.45, 2.75) is 11.4 Å². The molecule has 0 spiro atoms. The van der Waals surface area contributed by atoms with Crippen LogP contribution in [0.4, 0.5) is 5.69 Å². The number of hydrogen-bond donors (Lipinski definition) is 1. The fourth-order valence-electron chi connectivity index (χ4n) is 2.90. The summed E-state index contributed by atoms with van der Waals surface area (Å²) in [7, 11) is 0. The number of halogens is 1. The van der Waals surface area contributed by atoms with E-state index < -0.39 is 0 Å². The molecule has 144 valence electrons. The summed E-state index contributed by atoms with van der Waals surface area (Å²) in [5.74, 6) is 1.09. The van der Waals surface area contributed by atoms with E-state index in [2.05, 4.69) is 10.4 Å². The summed E-state index contributed by atoms with van der Waals surface area (Å²) in [4.78, 5) is 13.6. The molecule has 28 heavy (non-hydrogen) atoms. The number of carbonyl (C=O) groups is 1. The third-order valence-corrected chi connectivity index (χ3v) is 5.44. The molecule has 3 aromatic rings. The lowest BCUT2D eigenvalue weighted by Crippen LogP contribution is -2.17. The van der Waals surface area contributed by atoms with E-state index in [-0.39, 0.29) is 5.91 Å². The Hall–Kier alpha value is -2.64. The Morgan fingerprint density at radius 3 is 2.75 bits per heavy atom. The van der Waals surface area contributed by atoms with Gasteiger partial charge in [-0.15, -0.1) is 11.8 Å². The monoisotopic (exact) mass is 415 g/mol. The number of ether oxygens (including phenoxy) is 2. The second kappa shape index (κ2) is 8.16. The van der Waals surface area contributed by atoms with Gasteiger partial charge >= 0.3 is 0 Å². The topological polar surface area (TPSA) is 65.4 Å². The number of fused-ring (bicyclic) bond motifs is 1. The van der Waals surface area contributed by atoms with E-state index in [0.717, 1.165) is 10.5 Å². The Morgan fingerprint density at radius 2 is 2.00 bits per heavy atom. The number of thioether (sulfide) groups is 1. The molecule has 4 rings (SSSR count). The van der Waals surface area contributed by atoms with Crippen molar-refractivity contribution < 1.29 is 14.3 Å². The van der Waals surface area contributed by atoms with Crippen LogP contribution in [0.3, 0.4) is 0 Å². The number of benzene rings is 2. The number of hydrogen-bond acceptors (Lipinski definition) is 5. The van der Waals surface area contributed by atoms with Crippen molar-refractivity contribution >= 4 is 35.0 Å². The molecule has 0 aliphatic carbocycles. The predicted molar refractivity (Wildman–Crippen MR) is 110 cm³/mol. The summed E-state index contributed by atoms with van der Waals surface area (Å²) in [5, 5.41) is 7.89. The van der Waals surface area contributed by atoms with Crippen LogP contribution in [0.1, 0.15) is 15.9 Å². The van der Waals surface area contributed by atoms with Gasteiger partial charge in [-0.3, -0.25) is 9.48 Å². The molecule has 1 N–H and O–H groups in total. The van der Waals surface area contributed by atoms with Gasteiger partial charge in [0.15, 0.2) is 11.5 Å². The van der Waals surface area contributed by atoms with E-state index in [1.54, 1.807) is 23.1 Å². The number of amides is 1. The molecule has 0 bridgehead atoms. The molecule has 2 heterocycles. The Balaban J connectivity index is 1.51. The van der Waals surface area contributed by atoms with Crippen LogP contribution in [0.5, 0.6) is 11.5 Å². The van der Waals surface area contributed by atoms with Crippen molar-refractivity contribution in [2.24, 2.45) is 0 Å². The van der Waals surface area contributed by atoms with Gasteiger partial charge in [-0.05, 0) is 24.0 Å². The molecule has 0 saturated carbocycles. The summed E-state index contributed by atoms with van der Waals surface area (Å²) < 4.78 is 12.9. The number of carbonyl (C=O) groups excluding carboxylic acids is 1. The quantitative estimate of drug-likeness (QED) is 0.628. The molecule has 6 nitrogen and oxygen atoms in total. The molecule has 0 fully saturated rings. The summed E-state index contributed by atoms with van der Waals surface area (Å²) in [6.07, 6.45) is 5.20. The molecule has 1 amide bonds. The highest BCUT2D eigenvalue weighted by molar-refractivity contribution is 7.98. The summed E-state index contributed by atoms with van der Waals surface area (Å²) in [5.41, 5.74) is 2.09. The minimum atomic E-state index is -0.239. The van der Waals surface area contributed by atoms with Crippen LogP contribution in [0.25, 0.3) is 0 Å². The van der Waals surface area contributed by atoms with Crippen LogP contribution < -0.4 is 14.8 Å². The molecule has 1 aliphatic rings. The first-order valence-corrected chi connectivity index (χ1v) is 10.3. The van der Waals surface area contributed by atoms with E-state index in [1.807, 2.05) is 36.6 Å². The first kappa shape index (κ1) is 18.7. The maximum atomic E-state index is 12.7. The number of aromatic nitrogens is 2. The molecular weight excluding hydrogens is 398 g/mol. The first-order valence-electron chi connectivity index (χ1n) is 8.69. The van der Waals surface area contributed by atoms with Crippen molar-refractivity contribution in [3.63, 3.8) is 0 Å². The lowest BCUT2D eigenvalue weighted by atomic mass is 10.2. The Morgan fingerprint density at radius 1 is 1.25 bits per heavy atom. The smallest absolute Gasteiger partial charge is 0.258 e. The number of nitrogens with zero attached hydrogens (tertiary/aromatic N) is 2. The minimum Gasteiger partial charge on any atom is -0.486 e. The van der Waals surface area contributed by atoms with E-state index in [1.165, 1.54) is 11.8 Å². The maximum Gasteiger partial charge on any atom is 0.258 e. The largest absolute Gasteiger partial charge is 0.486 e. The predicted octanol–water partition coefficient (Wildman–Crippen LogP) is 4.33. The zero-order valence-corrected chi connectivity index (χ0v) is 16.7. The maximum absolute atomic E-state index is 12.7. The lowest BCUT2D eigenvalue weighted by molar-refractivity contribution is 0.102. The van der Waals surface area contributed by atoms with Crippen molar-refractivity contribution in [3.05, 3.63) is 64.9 Å². The van der Waals surface area contributed by atoms with E-state index >= 15 is 0 Å². The highest BCUT2D eigenvalue weighted by atomic mass is 35.5. The molecule has 0 saturated heterocycles. The van der Waals surface area contributed by atoms with Crippen LogP contribution in [0.15, 0.2) is 53.7 Å². The van der Waals surface area contributed by atoms with Gasteiger partial charge in [0.1, 0.15) is 13.2 Å². The second-order valence-corrected chi connectivity index (χ2v) is 7.42. The van der Waals surface area contributed by atoms with E-state index in [0.29, 0.717) is 47.5 Å². The molecule has 8 heteroatoms. The van der Waals surface area contributed by atoms with E-state index in [4.69, 9.17) is 21.1 Å². The summed E-state index contributed by atoms with van der Waals surface area (Å²) in [6, 6.07) is 11.3. The van der Waals surface area contributed by atoms with Crippen LogP contribution in [0.2, 0.25) is 5.02 Å². The molecule has 1 aromatic heterocycles. The van der Waals surface area contributed by atoms with Crippen molar-refractivity contribution in [3.8, 4) is 11.5 Å². The SMILES string of the molecule is CSc1cc2c(cc1NC(=O)c1cnn(Cc3ccccc3Cl)c1)OCCO2. The molecule has 0 atom stereocenters. The molecule has 0 unspecified atom stereocenters. The lowest BCUT2D eigenvalue weighted by Gasteiger charge is -2.20. The summed E-state index contributed by atoms with van der Waals surface area (Å²) in [6.45, 7) is 1.51. The van der Waals surface area contributed by atoms with Gasteiger partial charge in [0, 0.05) is 22.2 Å². The van der Waals surface area contributed by atoms with Gasteiger partial charge in [-0.1, -0.05) is 29.8 Å². The third-order valence-electron chi connectivity index (χ3n) is 4.30. The zero-order chi connectivity index (χ0) is 19.5. The first-order chi connectivity index (χ1) is 13.6. The highest BCUT2D eigenvalue weighted by Crippen LogP contribution is 2.39. The molecule has 2 aromatic carbocycles. The van der Waals surface area contributed by atoms with Crippen molar-refractivity contribution in [1.29, 1.82) is 0 Å². The Kier molecular flexibility index (Phi) is 5.45. The fraction of sp³-hybridized carbons (Fsp3) is 0.200. The van der Waals surface area contributed by atoms with Crippen molar-refractivity contribution in [1.82, 2.24) is 9.78 Å². The number of nitrogens with one attached hydrogen (secondary N) is 1. The van der Waals surface area contributed by atoms with Crippen LogP contribution in [-0.4, -0.2) is 35.2 Å². The van der Waals surface area contributed by atoms with Crippen LogP contribution in [-0.2, 0) is 6.54 Å². The Bertz CT molecular complexity index is 1020. The Labute approximate surface area is 171 Å². The van der Waals surface area contributed by atoms with Gasteiger partial charge in [0.05, 0.1) is 24.0 Å². The minimum absolute atomic E-state index is 0.239. The van der Waals surface area contributed by atoms with Gasteiger partial charge in [-0.25, -0.2) is 0 Å². The van der Waals surface area contributed by atoms with Gasteiger partial charge in [0.25, 0.3) is 5.91 Å². The fourth-order valence-corrected chi connectivity index (χ4v) is 3.65. The van der Waals surface area contributed by atoms with E-state index in [9.17, 15) is 4.79 Å². The average Bonchev–Trinajstić information content (AvgIpc) is 3.18. The highest BCUT2D eigenvalue weighted by Gasteiger charge is 2.18. The van der Waals surface area contributed by atoms with Crippen molar-refractivity contribution in [2.75, 3.05) is 24.8 Å². The standard InChI is InChI=1S/C20H18ClN3O3S/c1-28-19-9-18-17(26-6-7-27-18)8-16(19)23-20(25)14-10-22-24(12-14)11-13-4-2-3-5-15(13)21/h2-5,8-10,12H,6-7,11H2,1H3,(H,23,25). The zero-order valence-electron chi connectivity index (χ0n) is 15.1. The molecule has 1 aliphatic heterocycles. The molecular formula is C20H18ClN3O3S. The average molecular weight is 416 g/mol. The van der Waals surface area contributed by atoms with Gasteiger partial charge in [-0.2, -0.15) is 5.10 Å².